The number of carbonyl (C=O) groups is 1. The van der Waals surface area contributed by atoms with Crippen LogP contribution in [0.3, 0.4) is 0 Å². The largest absolute Gasteiger partial charge is 0.497 e. The van der Waals surface area contributed by atoms with Gasteiger partial charge in [-0.15, -0.1) is 0 Å². The molecule has 0 aliphatic heterocycles. The van der Waals surface area contributed by atoms with Crippen LogP contribution in [0.15, 0.2) is 53.6 Å². The van der Waals surface area contributed by atoms with Gasteiger partial charge in [0, 0.05) is 5.71 Å². The van der Waals surface area contributed by atoms with Gasteiger partial charge in [0.2, 0.25) is 0 Å². The van der Waals surface area contributed by atoms with Gasteiger partial charge in [0.1, 0.15) is 5.75 Å². The Morgan fingerprint density at radius 3 is 2.35 bits per heavy atom. The van der Waals surface area contributed by atoms with E-state index in [4.69, 9.17) is 14.2 Å². The van der Waals surface area contributed by atoms with E-state index in [2.05, 4.69) is 10.5 Å². The third-order valence-electron chi connectivity index (χ3n) is 3.73. The van der Waals surface area contributed by atoms with Crippen molar-refractivity contribution in [1.29, 1.82) is 0 Å². The van der Waals surface area contributed by atoms with E-state index in [-0.39, 0.29) is 12.5 Å². The molecule has 0 aromatic heterocycles. The predicted octanol–water partition coefficient (Wildman–Crippen LogP) is 3.21. The van der Waals surface area contributed by atoms with Crippen LogP contribution in [-0.2, 0) is 11.2 Å². The molecule has 0 atom stereocenters. The van der Waals surface area contributed by atoms with Crippen LogP contribution in [0.25, 0.3) is 0 Å². The van der Waals surface area contributed by atoms with Crippen molar-refractivity contribution in [1.82, 2.24) is 5.43 Å². The minimum absolute atomic E-state index is 0.129. The molecule has 2 aromatic carbocycles. The van der Waals surface area contributed by atoms with E-state index >= 15 is 0 Å². The van der Waals surface area contributed by atoms with Crippen LogP contribution in [0.1, 0.15) is 18.9 Å². The minimum atomic E-state index is -0.320. The van der Waals surface area contributed by atoms with Crippen LogP contribution in [0, 0.1) is 0 Å². The van der Waals surface area contributed by atoms with E-state index in [0.29, 0.717) is 11.5 Å². The number of nitrogens with one attached hydrogen (secondary N) is 1. The maximum atomic E-state index is 11.9. The highest BCUT2D eigenvalue weighted by Crippen LogP contribution is 2.25. The SMILES string of the molecule is COc1ccc(CC/C(C)=N\NC(=O)COc2ccccc2OC)cc1. The number of para-hydroxylation sites is 2. The first-order valence-corrected chi connectivity index (χ1v) is 8.33. The molecular weight excluding hydrogens is 332 g/mol. The molecule has 2 aromatic rings. The summed E-state index contributed by atoms with van der Waals surface area (Å²) in [5.41, 5.74) is 4.53. The molecule has 2 rings (SSSR count). The first kappa shape index (κ1) is 19.3. The van der Waals surface area contributed by atoms with Gasteiger partial charge in [0.05, 0.1) is 14.2 Å². The number of nitrogens with zero attached hydrogens (tertiary/aromatic N) is 1. The lowest BCUT2D eigenvalue weighted by Gasteiger charge is -2.09. The number of aryl methyl sites for hydroxylation is 1. The molecular formula is C20H24N2O4. The Kier molecular flexibility index (Phi) is 7.49. The summed E-state index contributed by atoms with van der Waals surface area (Å²) in [5.74, 6) is 1.62. The van der Waals surface area contributed by atoms with Gasteiger partial charge < -0.3 is 14.2 Å². The highest BCUT2D eigenvalue weighted by molar-refractivity contribution is 5.85. The van der Waals surface area contributed by atoms with Crippen molar-refractivity contribution in [2.45, 2.75) is 19.8 Å². The number of benzene rings is 2. The van der Waals surface area contributed by atoms with Gasteiger partial charge in [0.25, 0.3) is 5.91 Å². The number of ether oxygens (including phenoxy) is 3. The maximum Gasteiger partial charge on any atom is 0.277 e. The van der Waals surface area contributed by atoms with Crippen molar-refractivity contribution in [3.63, 3.8) is 0 Å². The second-order valence-corrected chi connectivity index (χ2v) is 5.67. The van der Waals surface area contributed by atoms with Crippen LogP contribution in [0.5, 0.6) is 17.2 Å². The molecule has 0 saturated heterocycles. The molecule has 0 fully saturated rings. The Morgan fingerprint density at radius 2 is 1.69 bits per heavy atom. The second-order valence-electron chi connectivity index (χ2n) is 5.67. The predicted molar refractivity (Wildman–Crippen MR) is 101 cm³/mol. The van der Waals surface area contributed by atoms with E-state index in [0.717, 1.165) is 24.3 Å². The molecule has 0 radical (unpaired) electrons. The smallest absolute Gasteiger partial charge is 0.277 e. The number of rotatable bonds is 9. The van der Waals surface area contributed by atoms with Crippen LogP contribution in [0.4, 0.5) is 0 Å². The summed E-state index contributed by atoms with van der Waals surface area (Å²) in [4.78, 5) is 11.9. The van der Waals surface area contributed by atoms with Gasteiger partial charge in [-0.1, -0.05) is 24.3 Å². The van der Waals surface area contributed by atoms with E-state index in [1.807, 2.05) is 43.3 Å². The molecule has 0 heterocycles. The molecule has 0 aliphatic rings. The first-order chi connectivity index (χ1) is 12.6. The summed E-state index contributed by atoms with van der Waals surface area (Å²) in [6.07, 6.45) is 1.59. The van der Waals surface area contributed by atoms with E-state index < -0.39 is 0 Å². The Bertz CT molecular complexity index is 742. The Labute approximate surface area is 153 Å². The molecule has 6 heteroatoms. The van der Waals surface area contributed by atoms with E-state index in [1.54, 1.807) is 26.4 Å². The highest BCUT2D eigenvalue weighted by atomic mass is 16.5. The molecule has 6 nitrogen and oxygen atoms in total. The monoisotopic (exact) mass is 356 g/mol. The number of hydrogen-bond donors (Lipinski definition) is 1. The third kappa shape index (κ3) is 6.12. The zero-order chi connectivity index (χ0) is 18.8. The van der Waals surface area contributed by atoms with Gasteiger partial charge in [-0.25, -0.2) is 5.43 Å². The fourth-order valence-electron chi connectivity index (χ4n) is 2.24. The van der Waals surface area contributed by atoms with Crippen LogP contribution in [-0.4, -0.2) is 32.4 Å². The Balaban J connectivity index is 1.75. The summed E-state index contributed by atoms with van der Waals surface area (Å²) in [6, 6.07) is 15.1. The normalized spacial score (nSPS) is 11.0. The van der Waals surface area contributed by atoms with Crippen LogP contribution >= 0.6 is 0 Å². The molecule has 1 amide bonds. The first-order valence-electron chi connectivity index (χ1n) is 8.33. The molecule has 0 saturated carbocycles. The van der Waals surface area contributed by atoms with E-state index in [9.17, 15) is 4.79 Å². The van der Waals surface area contributed by atoms with Crippen molar-refractivity contribution in [2.75, 3.05) is 20.8 Å². The summed E-state index contributed by atoms with van der Waals surface area (Å²) in [5, 5.41) is 4.11. The van der Waals surface area contributed by atoms with Gasteiger partial charge in [0.15, 0.2) is 18.1 Å². The lowest BCUT2D eigenvalue weighted by molar-refractivity contribution is -0.123. The lowest BCUT2D eigenvalue weighted by atomic mass is 10.1. The molecule has 0 bridgehead atoms. The standard InChI is InChI=1S/C20H24N2O4/c1-15(8-9-16-10-12-17(24-2)13-11-16)21-22-20(23)14-26-19-7-5-4-6-18(19)25-3/h4-7,10-13H,8-9,14H2,1-3H3,(H,22,23)/b21-15-. The molecule has 138 valence electrons. The van der Waals surface area contributed by atoms with Crippen molar-refractivity contribution in [2.24, 2.45) is 5.10 Å². The summed E-state index contributed by atoms with van der Waals surface area (Å²) >= 11 is 0. The minimum Gasteiger partial charge on any atom is -0.497 e. The van der Waals surface area contributed by atoms with Gasteiger partial charge in [-0.05, 0) is 49.6 Å². The molecule has 26 heavy (non-hydrogen) atoms. The van der Waals surface area contributed by atoms with Crippen molar-refractivity contribution in [3.05, 3.63) is 54.1 Å². The zero-order valence-electron chi connectivity index (χ0n) is 15.3. The number of amides is 1. The fourth-order valence-corrected chi connectivity index (χ4v) is 2.24. The van der Waals surface area contributed by atoms with E-state index in [1.165, 1.54) is 5.56 Å². The molecule has 1 N–H and O–H groups in total. The third-order valence-corrected chi connectivity index (χ3v) is 3.73. The fraction of sp³-hybridized carbons (Fsp3) is 0.300. The van der Waals surface area contributed by atoms with Crippen LogP contribution in [0.2, 0.25) is 0 Å². The number of methoxy groups -OCH3 is 2. The Morgan fingerprint density at radius 1 is 1.00 bits per heavy atom. The quantitative estimate of drug-likeness (QED) is 0.553. The molecule has 0 spiro atoms. The summed E-state index contributed by atoms with van der Waals surface area (Å²) in [7, 11) is 3.20. The van der Waals surface area contributed by atoms with Crippen molar-refractivity contribution < 1.29 is 19.0 Å². The van der Waals surface area contributed by atoms with Gasteiger partial charge >= 0.3 is 0 Å². The zero-order valence-corrected chi connectivity index (χ0v) is 15.3. The van der Waals surface area contributed by atoms with Crippen LogP contribution < -0.4 is 19.6 Å². The second kappa shape index (κ2) is 10.1. The maximum absolute atomic E-state index is 11.9. The average Bonchev–Trinajstić information content (AvgIpc) is 2.69. The topological polar surface area (TPSA) is 69.2 Å². The molecule has 0 aliphatic carbocycles. The highest BCUT2D eigenvalue weighted by Gasteiger charge is 2.06. The van der Waals surface area contributed by atoms with Gasteiger partial charge in [-0.3, -0.25) is 4.79 Å². The summed E-state index contributed by atoms with van der Waals surface area (Å²) < 4.78 is 15.8. The Hall–Kier alpha value is -3.02. The van der Waals surface area contributed by atoms with Gasteiger partial charge in [-0.2, -0.15) is 5.10 Å². The van der Waals surface area contributed by atoms with Crippen molar-refractivity contribution in [3.8, 4) is 17.2 Å². The summed E-state index contributed by atoms with van der Waals surface area (Å²) in [6.45, 7) is 1.75. The van der Waals surface area contributed by atoms with Crippen molar-refractivity contribution >= 4 is 11.6 Å². The molecule has 0 unspecified atom stereocenters. The number of hydrogen-bond acceptors (Lipinski definition) is 5. The lowest BCUT2D eigenvalue weighted by Crippen LogP contribution is -2.25. The number of hydrazone groups is 1. The average molecular weight is 356 g/mol. The number of carbonyl (C=O) groups excluding carboxylic acids is 1.